The van der Waals surface area contributed by atoms with Gasteiger partial charge in [0.25, 0.3) is 5.91 Å². The number of hydrogen-bond donors (Lipinski definition) is 1. The van der Waals surface area contributed by atoms with Gasteiger partial charge in [-0.3, -0.25) is 4.79 Å². The fraction of sp³-hybridized carbons (Fsp3) is 0.318. The summed E-state index contributed by atoms with van der Waals surface area (Å²) in [4.78, 5) is 28.6. The van der Waals surface area contributed by atoms with Crippen molar-refractivity contribution in [3.8, 4) is 11.5 Å². The van der Waals surface area contributed by atoms with Gasteiger partial charge in [0, 0.05) is 19.0 Å². The van der Waals surface area contributed by atoms with Gasteiger partial charge in [-0.05, 0) is 55.2 Å². The molecule has 7 heteroatoms. The molecule has 0 aliphatic rings. The van der Waals surface area contributed by atoms with Crippen molar-refractivity contribution < 1.29 is 23.9 Å². The predicted molar refractivity (Wildman–Crippen MR) is 110 cm³/mol. The number of ether oxygens (including phenoxy) is 2. The average molecular weight is 398 g/mol. The third kappa shape index (κ3) is 6.07. The summed E-state index contributed by atoms with van der Waals surface area (Å²) in [5, 5.41) is 6.58. The Morgan fingerprint density at radius 2 is 1.69 bits per heavy atom. The Kier molecular flexibility index (Phi) is 7.77. The quantitative estimate of drug-likeness (QED) is 0.420. The molecule has 2 rings (SSSR count). The van der Waals surface area contributed by atoms with E-state index in [4.69, 9.17) is 14.3 Å². The SMILES string of the molecule is COc1ccc(CCNC(=O)C(=NOC(C)=O)c2ccc(C)c(C)c2)cc1OC. The molecule has 1 N–H and O–H groups in total. The Morgan fingerprint density at radius 3 is 2.31 bits per heavy atom. The number of amides is 1. The van der Waals surface area contributed by atoms with Gasteiger partial charge in [0.05, 0.1) is 14.2 Å². The second-order valence-electron chi connectivity index (χ2n) is 6.52. The van der Waals surface area contributed by atoms with Crippen molar-refractivity contribution in [2.75, 3.05) is 20.8 Å². The normalized spacial score (nSPS) is 11.0. The molecule has 0 aliphatic heterocycles. The van der Waals surface area contributed by atoms with Crippen LogP contribution < -0.4 is 14.8 Å². The summed E-state index contributed by atoms with van der Waals surface area (Å²) in [7, 11) is 3.15. The summed E-state index contributed by atoms with van der Waals surface area (Å²) in [6, 6.07) is 11.1. The minimum Gasteiger partial charge on any atom is -0.493 e. The minimum absolute atomic E-state index is 0.0515. The molecular formula is C22H26N2O5. The van der Waals surface area contributed by atoms with Crippen molar-refractivity contribution in [2.45, 2.75) is 27.2 Å². The van der Waals surface area contributed by atoms with Crippen LogP contribution in [0.15, 0.2) is 41.6 Å². The van der Waals surface area contributed by atoms with Gasteiger partial charge < -0.3 is 19.6 Å². The van der Waals surface area contributed by atoms with Crippen molar-refractivity contribution in [3.05, 3.63) is 58.7 Å². The molecule has 0 unspecified atom stereocenters. The Hall–Kier alpha value is -3.35. The molecule has 7 nitrogen and oxygen atoms in total. The fourth-order valence-electron chi connectivity index (χ4n) is 2.66. The lowest BCUT2D eigenvalue weighted by Crippen LogP contribution is -2.33. The highest BCUT2D eigenvalue weighted by molar-refractivity contribution is 6.45. The van der Waals surface area contributed by atoms with Gasteiger partial charge >= 0.3 is 5.97 Å². The summed E-state index contributed by atoms with van der Waals surface area (Å²) >= 11 is 0. The molecule has 0 spiro atoms. The lowest BCUT2D eigenvalue weighted by Gasteiger charge is -2.11. The monoisotopic (exact) mass is 398 g/mol. The lowest BCUT2D eigenvalue weighted by atomic mass is 10.0. The first-order valence-electron chi connectivity index (χ1n) is 9.18. The Balaban J connectivity index is 2.10. The average Bonchev–Trinajstić information content (AvgIpc) is 2.70. The van der Waals surface area contributed by atoms with E-state index in [1.165, 1.54) is 6.92 Å². The number of aryl methyl sites for hydroxylation is 2. The van der Waals surface area contributed by atoms with Crippen molar-refractivity contribution in [1.29, 1.82) is 0 Å². The highest BCUT2D eigenvalue weighted by atomic mass is 16.7. The Morgan fingerprint density at radius 1 is 0.966 bits per heavy atom. The number of benzene rings is 2. The second-order valence-corrected chi connectivity index (χ2v) is 6.52. The number of rotatable bonds is 8. The number of nitrogens with zero attached hydrogens (tertiary/aromatic N) is 1. The van der Waals surface area contributed by atoms with Gasteiger partial charge in [-0.1, -0.05) is 23.4 Å². The van der Waals surface area contributed by atoms with Gasteiger partial charge in [-0.2, -0.15) is 0 Å². The maximum atomic E-state index is 12.7. The summed E-state index contributed by atoms with van der Waals surface area (Å²) in [5.41, 5.74) is 3.71. The molecule has 0 heterocycles. The van der Waals surface area contributed by atoms with Crippen LogP contribution in [0.4, 0.5) is 0 Å². The molecule has 29 heavy (non-hydrogen) atoms. The van der Waals surface area contributed by atoms with Crippen LogP contribution in [0, 0.1) is 13.8 Å². The standard InChI is InChI=1S/C22H26N2O5/c1-14-6-8-18(12-15(14)2)21(24-29-16(3)25)22(26)23-11-10-17-7-9-19(27-4)20(13-17)28-5/h6-9,12-13H,10-11H2,1-5H3,(H,23,26). The van der Waals surface area contributed by atoms with E-state index < -0.39 is 11.9 Å². The van der Waals surface area contributed by atoms with E-state index in [2.05, 4.69) is 10.5 Å². The summed E-state index contributed by atoms with van der Waals surface area (Å²) < 4.78 is 10.5. The Labute approximate surface area is 170 Å². The largest absolute Gasteiger partial charge is 0.493 e. The Bertz CT molecular complexity index is 921. The highest BCUT2D eigenvalue weighted by Crippen LogP contribution is 2.27. The van der Waals surface area contributed by atoms with E-state index in [1.807, 2.05) is 44.2 Å². The van der Waals surface area contributed by atoms with Crippen molar-refractivity contribution in [2.24, 2.45) is 5.16 Å². The molecule has 2 aromatic carbocycles. The van der Waals surface area contributed by atoms with Crippen molar-refractivity contribution in [1.82, 2.24) is 5.32 Å². The third-order valence-corrected chi connectivity index (χ3v) is 4.41. The van der Waals surface area contributed by atoms with Gasteiger partial charge in [-0.25, -0.2) is 4.79 Å². The van der Waals surface area contributed by atoms with Crippen LogP contribution in [0.3, 0.4) is 0 Å². The number of hydrogen-bond acceptors (Lipinski definition) is 6. The van der Waals surface area contributed by atoms with E-state index in [0.29, 0.717) is 30.0 Å². The van der Waals surface area contributed by atoms with E-state index in [-0.39, 0.29) is 5.71 Å². The minimum atomic E-state index is -0.593. The first-order chi connectivity index (χ1) is 13.8. The molecule has 2 aromatic rings. The molecule has 0 fully saturated rings. The van der Waals surface area contributed by atoms with E-state index in [1.54, 1.807) is 20.3 Å². The zero-order valence-corrected chi connectivity index (χ0v) is 17.4. The lowest BCUT2D eigenvalue weighted by molar-refractivity contribution is -0.140. The van der Waals surface area contributed by atoms with Crippen molar-refractivity contribution in [3.63, 3.8) is 0 Å². The maximum Gasteiger partial charge on any atom is 0.332 e. The zero-order valence-electron chi connectivity index (χ0n) is 17.4. The molecule has 0 radical (unpaired) electrons. The molecule has 1 amide bonds. The molecule has 0 bridgehead atoms. The smallest absolute Gasteiger partial charge is 0.332 e. The van der Waals surface area contributed by atoms with E-state index in [9.17, 15) is 9.59 Å². The predicted octanol–water partition coefficient (Wildman–Crippen LogP) is 2.95. The first-order valence-corrected chi connectivity index (χ1v) is 9.18. The number of methoxy groups -OCH3 is 2. The summed E-state index contributed by atoms with van der Waals surface area (Å²) in [5.74, 6) is 0.258. The van der Waals surface area contributed by atoms with Crippen LogP contribution in [0.25, 0.3) is 0 Å². The van der Waals surface area contributed by atoms with Crippen LogP contribution in [-0.4, -0.2) is 38.4 Å². The molecule has 0 saturated heterocycles. The van der Waals surface area contributed by atoms with Crippen LogP contribution in [0.5, 0.6) is 11.5 Å². The number of nitrogens with one attached hydrogen (secondary N) is 1. The molecule has 0 atom stereocenters. The number of carbonyl (C=O) groups excluding carboxylic acids is 2. The molecule has 0 saturated carbocycles. The molecular weight excluding hydrogens is 372 g/mol. The third-order valence-electron chi connectivity index (χ3n) is 4.41. The van der Waals surface area contributed by atoms with E-state index in [0.717, 1.165) is 16.7 Å². The topological polar surface area (TPSA) is 86.2 Å². The van der Waals surface area contributed by atoms with E-state index >= 15 is 0 Å². The molecule has 0 aromatic heterocycles. The van der Waals surface area contributed by atoms with Gasteiger partial charge in [0.1, 0.15) is 0 Å². The van der Waals surface area contributed by atoms with Crippen LogP contribution >= 0.6 is 0 Å². The summed E-state index contributed by atoms with van der Waals surface area (Å²) in [6.45, 7) is 5.52. The first kappa shape index (κ1) is 21.9. The summed E-state index contributed by atoms with van der Waals surface area (Å²) in [6.07, 6.45) is 0.583. The highest BCUT2D eigenvalue weighted by Gasteiger charge is 2.16. The second kappa shape index (κ2) is 10.3. The van der Waals surface area contributed by atoms with Gasteiger partial charge in [-0.15, -0.1) is 0 Å². The zero-order chi connectivity index (χ0) is 21.4. The molecule has 154 valence electrons. The number of carbonyl (C=O) groups is 2. The number of oxime groups is 1. The van der Waals surface area contributed by atoms with Crippen LogP contribution in [0.2, 0.25) is 0 Å². The molecule has 0 aliphatic carbocycles. The van der Waals surface area contributed by atoms with Crippen LogP contribution in [-0.2, 0) is 20.8 Å². The van der Waals surface area contributed by atoms with Gasteiger partial charge in [0.2, 0.25) is 0 Å². The maximum absolute atomic E-state index is 12.7. The fourth-order valence-corrected chi connectivity index (χ4v) is 2.66. The van der Waals surface area contributed by atoms with Crippen molar-refractivity contribution >= 4 is 17.6 Å². The van der Waals surface area contributed by atoms with Crippen LogP contribution in [0.1, 0.15) is 29.2 Å². The van der Waals surface area contributed by atoms with Gasteiger partial charge in [0.15, 0.2) is 17.2 Å².